The van der Waals surface area contributed by atoms with Crippen LogP contribution in [0.5, 0.6) is 0 Å². The fourth-order valence-electron chi connectivity index (χ4n) is 2.24. The van der Waals surface area contributed by atoms with Gasteiger partial charge in [0.05, 0.1) is 6.54 Å². The Balaban J connectivity index is 1.98. The number of hydrogen-bond donors (Lipinski definition) is 2. The maximum atomic E-state index is 12.1. The van der Waals surface area contributed by atoms with Gasteiger partial charge in [0.25, 0.3) is 5.91 Å². The molecule has 1 fully saturated rings. The molecule has 3 N–H and O–H groups in total. The predicted molar refractivity (Wildman–Crippen MR) is 76.7 cm³/mol. The smallest absolute Gasteiger partial charge is 0.251 e. The van der Waals surface area contributed by atoms with Crippen LogP contribution in [0.2, 0.25) is 0 Å². The van der Waals surface area contributed by atoms with E-state index in [1.54, 1.807) is 6.07 Å². The summed E-state index contributed by atoms with van der Waals surface area (Å²) in [7, 11) is 0. The second kappa shape index (κ2) is 5.90. The molecule has 100 valence electrons. The molecule has 0 atom stereocenters. The molecule has 2 rings (SSSR count). The van der Waals surface area contributed by atoms with Crippen molar-refractivity contribution in [1.82, 2.24) is 5.32 Å². The second-order valence-electron chi connectivity index (χ2n) is 5.43. The van der Waals surface area contributed by atoms with Gasteiger partial charge < -0.3 is 11.1 Å². The van der Waals surface area contributed by atoms with E-state index in [9.17, 15) is 4.79 Å². The van der Waals surface area contributed by atoms with Crippen LogP contribution in [0.1, 0.15) is 42.1 Å². The van der Waals surface area contributed by atoms with Gasteiger partial charge in [-0.3, -0.25) is 4.79 Å². The van der Waals surface area contributed by atoms with Crippen molar-refractivity contribution >= 4 is 5.91 Å². The molecule has 1 aromatic carbocycles. The topological polar surface area (TPSA) is 55.1 Å². The van der Waals surface area contributed by atoms with E-state index >= 15 is 0 Å². The molecule has 1 amide bonds. The summed E-state index contributed by atoms with van der Waals surface area (Å²) in [6.07, 6.45) is 3.68. The maximum absolute atomic E-state index is 12.1. The minimum atomic E-state index is -0.0236. The van der Waals surface area contributed by atoms with Crippen molar-refractivity contribution < 1.29 is 4.79 Å². The van der Waals surface area contributed by atoms with Crippen molar-refractivity contribution in [2.24, 2.45) is 11.1 Å². The van der Waals surface area contributed by atoms with Gasteiger partial charge in [-0.15, -0.1) is 0 Å². The van der Waals surface area contributed by atoms with Crippen molar-refractivity contribution in [1.29, 1.82) is 0 Å². The highest BCUT2D eigenvalue weighted by atomic mass is 16.1. The van der Waals surface area contributed by atoms with Gasteiger partial charge in [-0.2, -0.15) is 0 Å². The average molecular weight is 256 g/mol. The Kier molecular flexibility index (Phi) is 4.24. The maximum Gasteiger partial charge on any atom is 0.251 e. The van der Waals surface area contributed by atoms with E-state index in [0.29, 0.717) is 17.5 Å². The molecule has 0 spiro atoms. The van der Waals surface area contributed by atoms with Crippen LogP contribution in [0, 0.1) is 17.3 Å². The van der Waals surface area contributed by atoms with Crippen LogP contribution in [0.15, 0.2) is 24.3 Å². The van der Waals surface area contributed by atoms with E-state index in [4.69, 9.17) is 5.73 Å². The van der Waals surface area contributed by atoms with Crippen LogP contribution in [-0.4, -0.2) is 19.0 Å². The highest BCUT2D eigenvalue weighted by Crippen LogP contribution is 2.39. The molecule has 3 nitrogen and oxygen atoms in total. The molecule has 0 aliphatic heterocycles. The molecule has 0 radical (unpaired) electrons. The van der Waals surface area contributed by atoms with Crippen molar-refractivity contribution in [2.75, 3.05) is 13.1 Å². The largest absolute Gasteiger partial charge is 0.351 e. The second-order valence-corrected chi connectivity index (χ2v) is 5.43. The number of carbonyl (C=O) groups is 1. The third-order valence-electron chi connectivity index (χ3n) is 3.70. The van der Waals surface area contributed by atoms with Gasteiger partial charge in [-0.1, -0.05) is 31.3 Å². The molecular formula is C16H20N2O. The quantitative estimate of drug-likeness (QED) is 0.812. The number of nitrogens with two attached hydrogens (primary N) is 1. The molecular weight excluding hydrogens is 236 g/mol. The molecule has 0 heterocycles. The summed E-state index contributed by atoms with van der Waals surface area (Å²) in [5.74, 6) is 5.71. The Hall–Kier alpha value is -1.79. The van der Waals surface area contributed by atoms with E-state index in [2.05, 4.69) is 24.1 Å². The molecule has 3 heteroatoms. The zero-order valence-corrected chi connectivity index (χ0v) is 11.3. The van der Waals surface area contributed by atoms with Gasteiger partial charge in [0, 0.05) is 17.7 Å². The van der Waals surface area contributed by atoms with Crippen molar-refractivity contribution in [3.63, 3.8) is 0 Å². The first-order valence-electron chi connectivity index (χ1n) is 6.70. The Morgan fingerprint density at radius 2 is 2.26 bits per heavy atom. The first-order valence-corrected chi connectivity index (χ1v) is 6.70. The van der Waals surface area contributed by atoms with E-state index in [1.807, 2.05) is 18.2 Å². The van der Waals surface area contributed by atoms with E-state index < -0.39 is 0 Å². The first kappa shape index (κ1) is 13.6. The lowest BCUT2D eigenvalue weighted by Crippen LogP contribution is -2.39. The van der Waals surface area contributed by atoms with Crippen LogP contribution in [0.3, 0.4) is 0 Å². The van der Waals surface area contributed by atoms with Gasteiger partial charge in [-0.05, 0) is 36.5 Å². The normalized spacial score (nSPS) is 15.9. The molecule has 0 unspecified atom stereocenters. The standard InChI is InChI=1S/C16H20N2O/c1-16(8-4-9-16)12-18-15(19)14-7-2-5-13(11-14)6-3-10-17/h2,5,7,11H,4,8-10,12,17H2,1H3,(H,18,19). The summed E-state index contributed by atoms with van der Waals surface area (Å²) >= 11 is 0. The molecule has 0 saturated heterocycles. The Morgan fingerprint density at radius 3 is 2.89 bits per heavy atom. The molecule has 1 saturated carbocycles. The van der Waals surface area contributed by atoms with Gasteiger partial charge in [0.2, 0.25) is 0 Å². The summed E-state index contributed by atoms with van der Waals surface area (Å²) in [4.78, 5) is 12.1. The van der Waals surface area contributed by atoms with Crippen LogP contribution in [-0.2, 0) is 0 Å². The van der Waals surface area contributed by atoms with E-state index in [0.717, 1.165) is 12.1 Å². The molecule has 0 aromatic heterocycles. The number of rotatable bonds is 3. The predicted octanol–water partition coefficient (Wildman–Crippen LogP) is 1.92. The summed E-state index contributed by atoms with van der Waals surface area (Å²) in [6, 6.07) is 7.35. The van der Waals surface area contributed by atoms with Crippen molar-refractivity contribution in [3.05, 3.63) is 35.4 Å². The van der Waals surface area contributed by atoms with Crippen LogP contribution < -0.4 is 11.1 Å². The van der Waals surface area contributed by atoms with Crippen molar-refractivity contribution in [2.45, 2.75) is 26.2 Å². The number of carbonyl (C=O) groups excluding carboxylic acids is 1. The summed E-state index contributed by atoms with van der Waals surface area (Å²) in [5, 5.41) is 3.01. The van der Waals surface area contributed by atoms with Crippen LogP contribution in [0.25, 0.3) is 0 Å². The Bertz CT molecular complexity index is 521. The Morgan fingerprint density at radius 1 is 1.47 bits per heavy atom. The zero-order chi connectivity index (χ0) is 13.7. The lowest BCUT2D eigenvalue weighted by molar-refractivity contribution is 0.0891. The molecule has 19 heavy (non-hydrogen) atoms. The molecule has 1 aliphatic carbocycles. The SMILES string of the molecule is CC1(CNC(=O)c2cccc(C#CCN)c2)CCC1. The fourth-order valence-corrected chi connectivity index (χ4v) is 2.24. The van der Waals surface area contributed by atoms with Gasteiger partial charge in [0.15, 0.2) is 0 Å². The van der Waals surface area contributed by atoms with Crippen LogP contribution in [0.4, 0.5) is 0 Å². The monoisotopic (exact) mass is 256 g/mol. The number of nitrogens with one attached hydrogen (secondary N) is 1. The van der Waals surface area contributed by atoms with Crippen LogP contribution >= 0.6 is 0 Å². The molecule has 0 bridgehead atoms. The number of hydrogen-bond acceptors (Lipinski definition) is 2. The first-order chi connectivity index (χ1) is 9.13. The molecule has 1 aromatic rings. The minimum Gasteiger partial charge on any atom is -0.351 e. The lowest BCUT2D eigenvalue weighted by atomic mass is 9.70. The third kappa shape index (κ3) is 3.59. The number of benzene rings is 1. The fraction of sp³-hybridized carbons (Fsp3) is 0.438. The highest BCUT2D eigenvalue weighted by Gasteiger charge is 2.31. The number of amides is 1. The third-order valence-corrected chi connectivity index (χ3v) is 3.70. The summed E-state index contributed by atoms with van der Waals surface area (Å²) in [6.45, 7) is 3.30. The van der Waals surface area contributed by atoms with Gasteiger partial charge in [-0.25, -0.2) is 0 Å². The zero-order valence-electron chi connectivity index (χ0n) is 11.3. The average Bonchev–Trinajstić information content (AvgIpc) is 2.40. The lowest BCUT2D eigenvalue weighted by Gasteiger charge is -2.38. The van der Waals surface area contributed by atoms with Gasteiger partial charge in [0.1, 0.15) is 0 Å². The molecule has 1 aliphatic rings. The highest BCUT2D eigenvalue weighted by molar-refractivity contribution is 5.94. The van der Waals surface area contributed by atoms with E-state index in [-0.39, 0.29) is 5.91 Å². The minimum absolute atomic E-state index is 0.0236. The summed E-state index contributed by atoms with van der Waals surface area (Å²) in [5.41, 5.74) is 7.12. The van der Waals surface area contributed by atoms with Crippen molar-refractivity contribution in [3.8, 4) is 11.8 Å². The summed E-state index contributed by atoms with van der Waals surface area (Å²) < 4.78 is 0. The van der Waals surface area contributed by atoms with E-state index in [1.165, 1.54) is 19.3 Å². The van der Waals surface area contributed by atoms with Gasteiger partial charge >= 0.3 is 0 Å². The Labute approximate surface area is 114 Å².